The number of thioether (sulfide) groups is 1. The maximum absolute atomic E-state index is 9.99. The number of aliphatic hydroxyl groups is 1. The molecule has 0 amide bonds. The Labute approximate surface area is 190 Å². The molecule has 0 aliphatic heterocycles. The number of ether oxygens (including phenoxy) is 1. The molecule has 3 N–H and O–H groups in total. The van der Waals surface area contributed by atoms with Crippen molar-refractivity contribution in [2.45, 2.75) is 42.2 Å². The van der Waals surface area contributed by atoms with Crippen molar-refractivity contribution < 1.29 is 9.84 Å². The molecular formula is C24H21N5O2S. The molecule has 2 atom stereocenters. The summed E-state index contributed by atoms with van der Waals surface area (Å²) in [5, 5.41) is 20.4. The first-order valence-corrected chi connectivity index (χ1v) is 11.2. The Bertz CT molecular complexity index is 1190. The monoisotopic (exact) mass is 443 g/mol. The first-order valence-electron chi connectivity index (χ1n) is 10.2. The van der Waals surface area contributed by atoms with Gasteiger partial charge in [0.1, 0.15) is 28.8 Å². The summed E-state index contributed by atoms with van der Waals surface area (Å²) in [5.74, 6) is 1.25. The average Bonchev–Trinajstić information content (AvgIpc) is 3.22. The lowest BCUT2D eigenvalue weighted by molar-refractivity contribution is 0.0604. The van der Waals surface area contributed by atoms with Gasteiger partial charge in [0, 0.05) is 17.5 Å². The van der Waals surface area contributed by atoms with Crippen LogP contribution in [0.15, 0.2) is 53.7 Å². The number of aromatic nitrogens is 2. The van der Waals surface area contributed by atoms with Gasteiger partial charge in [-0.05, 0) is 49.1 Å². The van der Waals surface area contributed by atoms with Crippen molar-refractivity contribution in [3.8, 4) is 22.9 Å². The van der Waals surface area contributed by atoms with E-state index in [9.17, 15) is 10.4 Å². The molecular weight excluding hydrogens is 422 g/mol. The minimum atomic E-state index is -0.452. The fourth-order valence-corrected chi connectivity index (χ4v) is 4.63. The fraction of sp³-hybridized carbons (Fsp3) is 0.250. The molecule has 0 saturated heterocycles. The Morgan fingerprint density at radius 2 is 2.06 bits per heavy atom. The maximum atomic E-state index is 9.99. The standard InChI is InChI=1S/C24H21N5O2S/c1-27-22-21(15-8-10-17(11-9-15)31-20-7-4-6-19(20)30)18(13-25)24(29-23(22)26)32-14-16-5-2-3-12-28-16/h2-3,5,8-12,19-20,30H,4,6-7,14H2,(H2,26,29)/t19-,20-/m0/s1. The van der Waals surface area contributed by atoms with Crippen molar-refractivity contribution in [2.24, 2.45) is 0 Å². The molecule has 1 aliphatic rings. The van der Waals surface area contributed by atoms with Gasteiger partial charge in [-0.15, -0.1) is 0 Å². The Kier molecular flexibility index (Phi) is 6.55. The van der Waals surface area contributed by atoms with E-state index in [1.54, 1.807) is 30.5 Å². The average molecular weight is 444 g/mol. The normalized spacial score (nSPS) is 17.5. The van der Waals surface area contributed by atoms with Gasteiger partial charge in [0.15, 0.2) is 0 Å². The number of nitrogen functional groups attached to an aromatic ring is 1. The molecule has 1 aromatic carbocycles. The predicted octanol–water partition coefficient (Wildman–Crippen LogP) is 4.73. The molecule has 0 bridgehead atoms. The SMILES string of the molecule is [C-]#[N+]c1c(N)nc(SCc2ccccn2)c(C#N)c1-c1ccc(O[C@H]2CCC[C@@H]2O)cc1. The van der Waals surface area contributed by atoms with Crippen LogP contribution < -0.4 is 10.5 Å². The summed E-state index contributed by atoms with van der Waals surface area (Å²) in [4.78, 5) is 12.2. The summed E-state index contributed by atoms with van der Waals surface area (Å²) in [6.45, 7) is 7.59. The van der Waals surface area contributed by atoms with E-state index in [0.717, 1.165) is 25.0 Å². The fourth-order valence-electron chi connectivity index (χ4n) is 3.72. The lowest BCUT2D eigenvalue weighted by Gasteiger charge is -2.18. The van der Waals surface area contributed by atoms with Crippen LogP contribution in [0.2, 0.25) is 0 Å². The second kappa shape index (κ2) is 9.69. The zero-order chi connectivity index (χ0) is 22.5. The molecule has 0 spiro atoms. The quantitative estimate of drug-likeness (QED) is 0.418. The molecule has 1 fully saturated rings. The van der Waals surface area contributed by atoms with Crippen LogP contribution in [0.1, 0.15) is 30.5 Å². The summed E-state index contributed by atoms with van der Waals surface area (Å²) >= 11 is 1.36. The molecule has 160 valence electrons. The highest BCUT2D eigenvalue weighted by molar-refractivity contribution is 7.98. The summed E-state index contributed by atoms with van der Waals surface area (Å²) in [7, 11) is 0. The molecule has 1 aliphatic carbocycles. The summed E-state index contributed by atoms with van der Waals surface area (Å²) in [5.41, 5.74) is 8.57. The van der Waals surface area contributed by atoms with Gasteiger partial charge in [-0.25, -0.2) is 9.83 Å². The summed E-state index contributed by atoms with van der Waals surface area (Å²) in [6, 6.07) is 15.0. The van der Waals surface area contributed by atoms with Crippen molar-refractivity contribution >= 4 is 23.3 Å². The number of rotatable bonds is 6. The third kappa shape index (κ3) is 4.52. The molecule has 8 heteroatoms. The van der Waals surface area contributed by atoms with E-state index in [1.165, 1.54) is 11.8 Å². The number of aliphatic hydroxyl groups excluding tert-OH is 1. The molecule has 2 heterocycles. The largest absolute Gasteiger partial charge is 0.488 e. The molecule has 0 unspecified atom stereocenters. The number of pyridine rings is 2. The number of benzene rings is 1. The number of hydrogen-bond acceptors (Lipinski definition) is 7. The van der Waals surface area contributed by atoms with Gasteiger partial charge in [-0.3, -0.25) is 4.98 Å². The molecule has 3 aromatic rings. The first-order chi connectivity index (χ1) is 15.6. The first kappa shape index (κ1) is 21.6. The van der Waals surface area contributed by atoms with Gasteiger partial charge in [-0.1, -0.05) is 30.0 Å². The second-order valence-electron chi connectivity index (χ2n) is 7.41. The van der Waals surface area contributed by atoms with Crippen LogP contribution in [-0.4, -0.2) is 27.3 Å². The van der Waals surface area contributed by atoms with Crippen LogP contribution in [-0.2, 0) is 5.75 Å². The zero-order valence-electron chi connectivity index (χ0n) is 17.2. The predicted molar refractivity (Wildman–Crippen MR) is 123 cm³/mol. The highest BCUT2D eigenvalue weighted by Gasteiger charge is 2.27. The highest BCUT2D eigenvalue weighted by atomic mass is 32.2. The lowest BCUT2D eigenvalue weighted by atomic mass is 10.00. The van der Waals surface area contributed by atoms with E-state index in [0.29, 0.717) is 33.2 Å². The number of nitrogens with zero attached hydrogens (tertiary/aromatic N) is 4. The molecule has 4 rings (SSSR count). The van der Waals surface area contributed by atoms with E-state index in [2.05, 4.69) is 20.9 Å². The minimum Gasteiger partial charge on any atom is -0.488 e. The van der Waals surface area contributed by atoms with Gasteiger partial charge < -0.3 is 15.6 Å². The van der Waals surface area contributed by atoms with Crippen molar-refractivity contribution in [3.05, 3.63) is 71.3 Å². The van der Waals surface area contributed by atoms with Gasteiger partial charge in [0.05, 0.1) is 23.9 Å². The number of nitriles is 1. The molecule has 2 aromatic heterocycles. The van der Waals surface area contributed by atoms with Crippen LogP contribution >= 0.6 is 11.8 Å². The Balaban J connectivity index is 1.67. The third-order valence-corrected chi connectivity index (χ3v) is 6.33. The third-order valence-electron chi connectivity index (χ3n) is 5.32. The molecule has 1 saturated carbocycles. The molecule has 32 heavy (non-hydrogen) atoms. The van der Waals surface area contributed by atoms with Crippen LogP contribution in [0.5, 0.6) is 5.75 Å². The molecule has 0 radical (unpaired) electrons. The molecule has 7 nitrogen and oxygen atoms in total. The number of anilines is 1. The van der Waals surface area contributed by atoms with E-state index in [-0.39, 0.29) is 17.6 Å². The Morgan fingerprint density at radius 3 is 2.69 bits per heavy atom. The second-order valence-corrected chi connectivity index (χ2v) is 8.38. The van der Waals surface area contributed by atoms with Crippen molar-refractivity contribution in [1.82, 2.24) is 9.97 Å². The van der Waals surface area contributed by atoms with Crippen LogP contribution in [0, 0.1) is 17.9 Å². The lowest BCUT2D eigenvalue weighted by Crippen LogP contribution is -2.25. The highest BCUT2D eigenvalue weighted by Crippen LogP contribution is 2.42. The number of hydrogen-bond donors (Lipinski definition) is 2. The van der Waals surface area contributed by atoms with Gasteiger partial charge in [0.25, 0.3) is 0 Å². The Morgan fingerprint density at radius 1 is 1.25 bits per heavy atom. The van der Waals surface area contributed by atoms with Gasteiger partial charge >= 0.3 is 0 Å². The van der Waals surface area contributed by atoms with Crippen LogP contribution in [0.3, 0.4) is 0 Å². The summed E-state index contributed by atoms with van der Waals surface area (Å²) in [6.07, 6.45) is 3.57. The van der Waals surface area contributed by atoms with E-state index in [1.807, 2.05) is 18.2 Å². The van der Waals surface area contributed by atoms with E-state index in [4.69, 9.17) is 17.0 Å². The van der Waals surface area contributed by atoms with Crippen molar-refractivity contribution in [2.75, 3.05) is 5.73 Å². The summed E-state index contributed by atoms with van der Waals surface area (Å²) < 4.78 is 5.90. The maximum Gasteiger partial charge on any atom is 0.236 e. The van der Waals surface area contributed by atoms with Crippen molar-refractivity contribution in [1.29, 1.82) is 5.26 Å². The van der Waals surface area contributed by atoms with E-state index >= 15 is 0 Å². The smallest absolute Gasteiger partial charge is 0.236 e. The van der Waals surface area contributed by atoms with Gasteiger partial charge in [0.2, 0.25) is 5.69 Å². The minimum absolute atomic E-state index is 0.0897. The van der Waals surface area contributed by atoms with Crippen LogP contribution in [0.25, 0.3) is 16.0 Å². The van der Waals surface area contributed by atoms with E-state index < -0.39 is 6.10 Å². The topological polar surface area (TPSA) is 109 Å². The zero-order valence-corrected chi connectivity index (χ0v) is 18.0. The number of nitrogens with two attached hydrogens (primary N) is 1. The van der Waals surface area contributed by atoms with Crippen molar-refractivity contribution in [3.63, 3.8) is 0 Å². The van der Waals surface area contributed by atoms with Gasteiger partial charge in [-0.2, -0.15) is 5.26 Å². The Hall–Kier alpha value is -3.59. The van der Waals surface area contributed by atoms with Crippen LogP contribution in [0.4, 0.5) is 11.5 Å².